The van der Waals surface area contributed by atoms with Crippen LogP contribution in [0.25, 0.3) is 11.0 Å². The van der Waals surface area contributed by atoms with Gasteiger partial charge < -0.3 is 9.15 Å². The van der Waals surface area contributed by atoms with Crippen LogP contribution in [-0.4, -0.2) is 12.6 Å². The van der Waals surface area contributed by atoms with Gasteiger partial charge in [-0.05, 0) is 66.8 Å². The standard InChI is InChI=1S/C27H21Cl2NO4/c1-16-20-10-9-19(33-27(32)30-12-4-6-18-5-2-3-7-24(18)30)15-25(20)34-26(31)21(16)13-17-8-11-22(28)23(29)14-17/h2-3,5,7-11,14-15H,4,6,12-13H2,1H3. The molecular weight excluding hydrogens is 473 g/mol. The Hall–Kier alpha value is -3.28. The van der Waals surface area contributed by atoms with Crippen LogP contribution in [0, 0.1) is 6.92 Å². The van der Waals surface area contributed by atoms with E-state index >= 15 is 0 Å². The van der Waals surface area contributed by atoms with Gasteiger partial charge in [0, 0.05) is 30.0 Å². The van der Waals surface area contributed by atoms with Crippen molar-refractivity contribution in [2.24, 2.45) is 0 Å². The number of aryl methyl sites for hydroxylation is 2. The largest absolute Gasteiger partial charge is 0.422 e. The van der Waals surface area contributed by atoms with Crippen molar-refractivity contribution in [2.45, 2.75) is 26.2 Å². The SMILES string of the molecule is Cc1c(Cc2ccc(Cl)c(Cl)c2)c(=O)oc2cc(OC(=O)N3CCCc4ccccc43)ccc12. The molecule has 0 bridgehead atoms. The number of anilines is 1. The van der Waals surface area contributed by atoms with E-state index in [1.807, 2.05) is 37.3 Å². The van der Waals surface area contributed by atoms with Crippen LogP contribution in [0.3, 0.4) is 0 Å². The lowest BCUT2D eigenvalue weighted by atomic mass is 9.99. The molecule has 5 nitrogen and oxygen atoms in total. The van der Waals surface area contributed by atoms with Crippen molar-refractivity contribution in [1.29, 1.82) is 0 Å². The van der Waals surface area contributed by atoms with Crippen LogP contribution in [-0.2, 0) is 12.8 Å². The molecule has 4 aromatic rings. The van der Waals surface area contributed by atoms with E-state index in [9.17, 15) is 9.59 Å². The number of para-hydroxylation sites is 1. The second kappa shape index (κ2) is 9.16. The molecule has 34 heavy (non-hydrogen) atoms. The number of nitrogens with zero attached hydrogens (tertiary/aromatic N) is 1. The average Bonchev–Trinajstić information content (AvgIpc) is 2.83. The molecule has 0 N–H and O–H groups in total. The van der Waals surface area contributed by atoms with Crippen molar-refractivity contribution in [3.8, 4) is 5.75 Å². The number of carbonyl (C=O) groups is 1. The summed E-state index contributed by atoms with van der Waals surface area (Å²) >= 11 is 12.1. The molecule has 0 fully saturated rings. The van der Waals surface area contributed by atoms with Gasteiger partial charge in [-0.3, -0.25) is 4.90 Å². The lowest BCUT2D eigenvalue weighted by Crippen LogP contribution is -2.37. The summed E-state index contributed by atoms with van der Waals surface area (Å²) in [7, 11) is 0. The van der Waals surface area contributed by atoms with Crippen LogP contribution >= 0.6 is 23.2 Å². The van der Waals surface area contributed by atoms with Crippen LogP contribution in [0.5, 0.6) is 5.75 Å². The molecule has 2 heterocycles. The Morgan fingerprint density at radius 3 is 2.71 bits per heavy atom. The van der Waals surface area contributed by atoms with Crippen molar-refractivity contribution in [2.75, 3.05) is 11.4 Å². The first-order valence-electron chi connectivity index (χ1n) is 11.0. The maximum Gasteiger partial charge on any atom is 0.419 e. The molecule has 0 unspecified atom stereocenters. The highest BCUT2D eigenvalue weighted by molar-refractivity contribution is 6.42. The Labute approximate surface area is 206 Å². The van der Waals surface area contributed by atoms with Gasteiger partial charge in [-0.25, -0.2) is 9.59 Å². The fourth-order valence-corrected chi connectivity index (χ4v) is 4.70. The second-order valence-corrected chi connectivity index (χ2v) is 9.14. The number of fused-ring (bicyclic) bond motifs is 2. The molecule has 1 amide bonds. The minimum Gasteiger partial charge on any atom is -0.422 e. The van der Waals surface area contributed by atoms with Crippen LogP contribution in [0.15, 0.2) is 69.9 Å². The number of hydrogen-bond donors (Lipinski definition) is 0. The quantitative estimate of drug-likeness (QED) is 0.289. The van der Waals surface area contributed by atoms with E-state index in [4.69, 9.17) is 32.4 Å². The molecule has 0 spiro atoms. The molecule has 0 radical (unpaired) electrons. The normalized spacial score (nSPS) is 13.1. The number of halogens is 2. The first-order valence-corrected chi connectivity index (χ1v) is 11.7. The molecule has 1 aromatic heterocycles. The molecule has 1 aliphatic rings. The minimum absolute atomic E-state index is 0.320. The van der Waals surface area contributed by atoms with E-state index < -0.39 is 11.7 Å². The fraction of sp³-hybridized carbons (Fsp3) is 0.185. The number of carbonyl (C=O) groups excluding carboxylic acids is 1. The van der Waals surface area contributed by atoms with Gasteiger partial charge in [0.1, 0.15) is 11.3 Å². The summed E-state index contributed by atoms with van der Waals surface area (Å²) < 4.78 is 11.3. The summed E-state index contributed by atoms with van der Waals surface area (Å²) in [6.45, 7) is 2.47. The van der Waals surface area contributed by atoms with Gasteiger partial charge >= 0.3 is 11.7 Å². The summed E-state index contributed by atoms with van der Waals surface area (Å²) in [5.74, 6) is 0.320. The van der Waals surface area contributed by atoms with Crippen molar-refractivity contribution < 1.29 is 13.9 Å². The zero-order valence-corrected chi connectivity index (χ0v) is 19.9. The van der Waals surface area contributed by atoms with Gasteiger partial charge in [0.25, 0.3) is 0 Å². The third-order valence-electron chi connectivity index (χ3n) is 6.16. The highest BCUT2D eigenvalue weighted by Gasteiger charge is 2.24. The highest BCUT2D eigenvalue weighted by Crippen LogP contribution is 2.30. The molecule has 7 heteroatoms. The zero-order valence-electron chi connectivity index (χ0n) is 18.4. The summed E-state index contributed by atoms with van der Waals surface area (Å²) in [6, 6.07) is 18.2. The Morgan fingerprint density at radius 1 is 1.06 bits per heavy atom. The first kappa shape index (κ1) is 22.5. The van der Waals surface area contributed by atoms with Gasteiger partial charge in [-0.1, -0.05) is 47.5 Å². The molecule has 0 saturated heterocycles. The molecule has 0 aliphatic carbocycles. The molecule has 1 aliphatic heterocycles. The van der Waals surface area contributed by atoms with Crippen molar-refractivity contribution in [1.82, 2.24) is 0 Å². The first-order chi connectivity index (χ1) is 16.4. The van der Waals surface area contributed by atoms with Crippen LogP contribution in [0.2, 0.25) is 10.0 Å². The smallest absolute Gasteiger partial charge is 0.419 e. The molecular formula is C27H21Cl2NO4. The van der Waals surface area contributed by atoms with Crippen molar-refractivity contribution in [3.05, 3.63) is 103 Å². The molecule has 0 saturated carbocycles. The van der Waals surface area contributed by atoms with Gasteiger partial charge in [-0.15, -0.1) is 0 Å². The minimum atomic E-state index is -0.457. The average molecular weight is 494 g/mol. The Morgan fingerprint density at radius 2 is 1.88 bits per heavy atom. The number of benzene rings is 3. The van der Waals surface area contributed by atoms with Gasteiger partial charge in [0.05, 0.1) is 15.7 Å². The maximum absolute atomic E-state index is 12.9. The van der Waals surface area contributed by atoms with Gasteiger partial charge in [0.15, 0.2) is 0 Å². The summed E-state index contributed by atoms with van der Waals surface area (Å²) in [6.07, 6.45) is 1.72. The third-order valence-corrected chi connectivity index (χ3v) is 6.90. The Balaban J connectivity index is 1.42. The highest BCUT2D eigenvalue weighted by atomic mass is 35.5. The Kier molecular flexibility index (Phi) is 6.07. The predicted octanol–water partition coefficient (Wildman–Crippen LogP) is 6.95. The monoisotopic (exact) mass is 493 g/mol. The van der Waals surface area contributed by atoms with E-state index in [1.54, 1.807) is 35.2 Å². The van der Waals surface area contributed by atoms with Crippen molar-refractivity contribution >= 4 is 46.0 Å². The lowest BCUT2D eigenvalue weighted by Gasteiger charge is -2.28. The predicted molar refractivity (Wildman–Crippen MR) is 135 cm³/mol. The van der Waals surface area contributed by atoms with Crippen LogP contribution in [0.4, 0.5) is 10.5 Å². The van der Waals surface area contributed by atoms with E-state index in [-0.39, 0.29) is 0 Å². The number of amides is 1. The zero-order chi connectivity index (χ0) is 23.8. The number of hydrogen-bond acceptors (Lipinski definition) is 4. The van der Waals surface area contributed by atoms with Gasteiger partial charge in [0.2, 0.25) is 0 Å². The summed E-state index contributed by atoms with van der Waals surface area (Å²) in [5, 5.41) is 1.67. The third kappa shape index (κ3) is 4.29. The van der Waals surface area contributed by atoms with Crippen LogP contribution in [0.1, 0.15) is 28.7 Å². The van der Waals surface area contributed by atoms with Gasteiger partial charge in [-0.2, -0.15) is 0 Å². The summed E-state index contributed by atoms with van der Waals surface area (Å²) in [4.78, 5) is 27.3. The molecule has 5 rings (SSSR count). The molecule has 0 atom stereocenters. The van der Waals surface area contributed by atoms with E-state index in [0.717, 1.165) is 40.6 Å². The van der Waals surface area contributed by atoms with Crippen molar-refractivity contribution in [3.63, 3.8) is 0 Å². The molecule has 172 valence electrons. The second-order valence-electron chi connectivity index (χ2n) is 8.33. The fourth-order valence-electron chi connectivity index (χ4n) is 4.38. The lowest BCUT2D eigenvalue weighted by molar-refractivity contribution is 0.207. The summed E-state index contributed by atoms with van der Waals surface area (Å²) in [5.41, 5.74) is 4.13. The maximum atomic E-state index is 12.9. The van der Waals surface area contributed by atoms with Crippen LogP contribution < -0.4 is 15.3 Å². The Bertz CT molecular complexity index is 1480. The number of ether oxygens (including phenoxy) is 1. The number of rotatable bonds is 3. The topological polar surface area (TPSA) is 59.8 Å². The van der Waals surface area contributed by atoms with E-state index in [1.165, 1.54) is 0 Å². The molecule has 3 aromatic carbocycles. The van der Waals surface area contributed by atoms with E-state index in [0.29, 0.717) is 39.9 Å². The van der Waals surface area contributed by atoms with E-state index in [2.05, 4.69) is 0 Å².